The van der Waals surface area contributed by atoms with E-state index in [0.717, 1.165) is 22.6 Å². The Bertz CT molecular complexity index is 486. The molecular formula is C13H9Cl3. The highest BCUT2D eigenvalue weighted by atomic mass is 35.5. The van der Waals surface area contributed by atoms with Gasteiger partial charge in [0, 0.05) is 15.1 Å². The van der Waals surface area contributed by atoms with E-state index in [1.54, 1.807) is 6.07 Å². The summed E-state index contributed by atoms with van der Waals surface area (Å²) in [4.78, 5) is 0. The van der Waals surface area contributed by atoms with Crippen LogP contribution in [0.1, 0.15) is 11.1 Å². The lowest BCUT2D eigenvalue weighted by Crippen LogP contribution is -1.88. The van der Waals surface area contributed by atoms with Crippen LogP contribution in [0.2, 0.25) is 15.1 Å². The van der Waals surface area contributed by atoms with E-state index in [-0.39, 0.29) is 0 Å². The van der Waals surface area contributed by atoms with Crippen LogP contribution in [0.15, 0.2) is 42.5 Å². The van der Waals surface area contributed by atoms with Crippen molar-refractivity contribution < 1.29 is 0 Å². The molecule has 0 saturated carbocycles. The molecule has 0 aliphatic heterocycles. The summed E-state index contributed by atoms with van der Waals surface area (Å²) in [5.41, 5.74) is 2.23. The predicted octanol–water partition coefficient (Wildman–Crippen LogP) is 5.24. The normalized spacial score (nSPS) is 10.4. The topological polar surface area (TPSA) is 0 Å². The zero-order valence-electron chi connectivity index (χ0n) is 8.38. The van der Waals surface area contributed by atoms with E-state index in [9.17, 15) is 0 Å². The largest absolute Gasteiger partial charge is 0.0843 e. The number of halogens is 3. The van der Waals surface area contributed by atoms with Crippen molar-refractivity contribution in [1.82, 2.24) is 0 Å². The number of hydrogen-bond acceptors (Lipinski definition) is 0. The molecule has 0 atom stereocenters. The molecule has 16 heavy (non-hydrogen) atoms. The summed E-state index contributed by atoms with van der Waals surface area (Å²) in [6.45, 7) is 0. The van der Waals surface area contributed by atoms with E-state index < -0.39 is 0 Å². The van der Waals surface area contributed by atoms with Gasteiger partial charge in [0.15, 0.2) is 0 Å². The summed E-state index contributed by atoms with van der Waals surface area (Å²) in [5.74, 6) is 0. The fraction of sp³-hybridized carbons (Fsp3) is 0.0769. The maximum Gasteiger partial charge on any atom is 0.0423 e. The molecule has 0 radical (unpaired) electrons. The first-order chi connectivity index (χ1) is 7.63. The molecule has 0 aliphatic rings. The van der Waals surface area contributed by atoms with Gasteiger partial charge in [-0.05, 0) is 47.9 Å². The minimum atomic E-state index is 0.657. The Labute approximate surface area is 110 Å². The van der Waals surface area contributed by atoms with Crippen LogP contribution in [0.25, 0.3) is 0 Å². The SMILES string of the molecule is Clc1cccc(Cc2cc(Cl)cc(Cl)c2)c1. The molecule has 0 aliphatic carbocycles. The summed E-state index contributed by atoms with van der Waals surface area (Å²) >= 11 is 17.8. The van der Waals surface area contributed by atoms with Gasteiger partial charge in [0.05, 0.1) is 0 Å². The van der Waals surface area contributed by atoms with Gasteiger partial charge in [-0.25, -0.2) is 0 Å². The molecule has 2 aromatic rings. The molecule has 0 fully saturated rings. The van der Waals surface area contributed by atoms with Crippen molar-refractivity contribution in [2.75, 3.05) is 0 Å². The number of benzene rings is 2. The Balaban J connectivity index is 2.27. The van der Waals surface area contributed by atoms with Crippen molar-refractivity contribution >= 4 is 34.8 Å². The molecular weight excluding hydrogens is 263 g/mol. The lowest BCUT2D eigenvalue weighted by Gasteiger charge is -2.04. The Morgan fingerprint density at radius 2 is 1.31 bits per heavy atom. The number of rotatable bonds is 2. The van der Waals surface area contributed by atoms with Gasteiger partial charge in [0.2, 0.25) is 0 Å². The Morgan fingerprint density at radius 1 is 0.688 bits per heavy atom. The Morgan fingerprint density at radius 3 is 1.94 bits per heavy atom. The lowest BCUT2D eigenvalue weighted by atomic mass is 10.1. The molecule has 0 bridgehead atoms. The first kappa shape index (κ1) is 11.8. The highest BCUT2D eigenvalue weighted by molar-refractivity contribution is 6.34. The molecule has 0 unspecified atom stereocenters. The third-order valence-electron chi connectivity index (χ3n) is 2.22. The average Bonchev–Trinajstić information content (AvgIpc) is 2.15. The van der Waals surface area contributed by atoms with Crippen molar-refractivity contribution in [2.24, 2.45) is 0 Å². The fourth-order valence-electron chi connectivity index (χ4n) is 1.60. The zero-order valence-corrected chi connectivity index (χ0v) is 10.7. The molecule has 0 saturated heterocycles. The minimum absolute atomic E-state index is 0.657. The first-order valence-electron chi connectivity index (χ1n) is 4.83. The molecule has 0 amide bonds. The molecule has 2 rings (SSSR count). The number of hydrogen-bond donors (Lipinski definition) is 0. The second kappa shape index (κ2) is 5.09. The molecule has 0 N–H and O–H groups in total. The predicted molar refractivity (Wildman–Crippen MR) is 70.7 cm³/mol. The zero-order chi connectivity index (χ0) is 11.5. The van der Waals surface area contributed by atoms with Crippen LogP contribution < -0.4 is 0 Å². The highest BCUT2D eigenvalue weighted by Crippen LogP contribution is 2.22. The van der Waals surface area contributed by atoms with Crippen LogP contribution in [0.3, 0.4) is 0 Å². The maximum atomic E-state index is 5.94. The van der Waals surface area contributed by atoms with E-state index in [1.165, 1.54) is 0 Å². The van der Waals surface area contributed by atoms with Crippen molar-refractivity contribution in [3.05, 3.63) is 68.7 Å². The fourth-order valence-corrected chi connectivity index (χ4v) is 2.38. The quantitative estimate of drug-likeness (QED) is 0.701. The summed E-state index contributed by atoms with van der Waals surface area (Å²) in [5, 5.41) is 2.06. The molecule has 0 spiro atoms. The Kier molecular flexibility index (Phi) is 3.75. The van der Waals surface area contributed by atoms with Crippen LogP contribution in [-0.4, -0.2) is 0 Å². The summed E-state index contributed by atoms with van der Waals surface area (Å²) in [7, 11) is 0. The van der Waals surface area contributed by atoms with Crippen LogP contribution in [0, 0.1) is 0 Å². The average molecular weight is 272 g/mol. The summed E-state index contributed by atoms with van der Waals surface area (Å²) < 4.78 is 0. The van der Waals surface area contributed by atoms with Gasteiger partial charge in [-0.15, -0.1) is 0 Å². The van der Waals surface area contributed by atoms with Gasteiger partial charge >= 0.3 is 0 Å². The van der Waals surface area contributed by atoms with Gasteiger partial charge in [-0.2, -0.15) is 0 Å². The first-order valence-corrected chi connectivity index (χ1v) is 5.96. The van der Waals surface area contributed by atoms with Crippen LogP contribution >= 0.6 is 34.8 Å². The van der Waals surface area contributed by atoms with Crippen LogP contribution in [0.4, 0.5) is 0 Å². The summed E-state index contributed by atoms with van der Waals surface area (Å²) in [6.07, 6.45) is 0.779. The standard InChI is InChI=1S/C13H9Cl3/c14-11-3-1-2-9(5-11)4-10-6-12(15)8-13(16)7-10/h1-3,5-8H,4H2. The third kappa shape index (κ3) is 3.15. The molecule has 0 heterocycles. The van der Waals surface area contributed by atoms with Gasteiger partial charge in [-0.3, -0.25) is 0 Å². The smallest absolute Gasteiger partial charge is 0.0423 e. The molecule has 0 nitrogen and oxygen atoms in total. The van der Waals surface area contributed by atoms with Crippen molar-refractivity contribution in [1.29, 1.82) is 0 Å². The molecule has 3 heteroatoms. The molecule has 0 aromatic heterocycles. The summed E-state index contributed by atoms with van der Waals surface area (Å²) in [6, 6.07) is 13.3. The second-order valence-corrected chi connectivity index (χ2v) is 4.89. The third-order valence-corrected chi connectivity index (χ3v) is 2.89. The van der Waals surface area contributed by atoms with Crippen LogP contribution in [0.5, 0.6) is 0 Å². The van der Waals surface area contributed by atoms with Crippen molar-refractivity contribution in [3.8, 4) is 0 Å². The van der Waals surface area contributed by atoms with Gasteiger partial charge in [-0.1, -0.05) is 46.9 Å². The van der Waals surface area contributed by atoms with Crippen molar-refractivity contribution in [2.45, 2.75) is 6.42 Å². The lowest BCUT2D eigenvalue weighted by molar-refractivity contribution is 1.19. The van der Waals surface area contributed by atoms with E-state index in [2.05, 4.69) is 0 Å². The van der Waals surface area contributed by atoms with Gasteiger partial charge < -0.3 is 0 Å². The van der Waals surface area contributed by atoms with E-state index in [4.69, 9.17) is 34.8 Å². The maximum absolute atomic E-state index is 5.94. The van der Waals surface area contributed by atoms with Gasteiger partial charge in [0.25, 0.3) is 0 Å². The van der Waals surface area contributed by atoms with E-state index in [0.29, 0.717) is 10.0 Å². The monoisotopic (exact) mass is 270 g/mol. The van der Waals surface area contributed by atoms with Gasteiger partial charge in [0.1, 0.15) is 0 Å². The van der Waals surface area contributed by atoms with Crippen molar-refractivity contribution in [3.63, 3.8) is 0 Å². The van der Waals surface area contributed by atoms with E-state index in [1.807, 2.05) is 36.4 Å². The van der Waals surface area contributed by atoms with Crippen LogP contribution in [-0.2, 0) is 6.42 Å². The highest BCUT2D eigenvalue weighted by Gasteiger charge is 2.00. The minimum Gasteiger partial charge on any atom is -0.0843 e. The second-order valence-electron chi connectivity index (χ2n) is 3.58. The molecule has 82 valence electrons. The molecule has 2 aromatic carbocycles. The Hall–Kier alpha value is -0.690. The van der Waals surface area contributed by atoms with E-state index >= 15 is 0 Å².